The molecule has 1 aliphatic heterocycles. The van der Waals surface area contributed by atoms with Crippen molar-refractivity contribution in [1.82, 2.24) is 15.5 Å². The lowest BCUT2D eigenvalue weighted by atomic mass is 9.93. The largest absolute Gasteiger partial charge is 0.355 e. The van der Waals surface area contributed by atoms with E-state index in [1.54, 1.807) is 0 Å². The summed E-state index contributed by atoms with van der Waals surface area (Å²) in [6.07, 6.45) is 4.12. The number of likely N-dealkylation sites (N-methyl/N-ethyl adjacent to an activating group) is 1. The highest BCUT2D eigenvalue weighted by Gasteiger charge is 2.15. The summed E-state index contributed by atoms with van der Waals surface area (Å²) in [6, 6.07) is 10.8. The maximum Gasteiger partial charge on any atom is 0.220 e. The van der Waals surface area contributed by atoms with Gasteiger partial charge in [0.2, 0.25) is 5.91 Å². The van der Waals surface area contributed by atoms with Crippen molar-refractivity contribution in [2.75, 3.05) is 26.7 Å². The van der Waals surface area contributed by atoms with Gasteiger partial charge < -0.3 is 10.6 Å². The predicted molar refractivity (Wildman–Crippen MR) is 95.2 cm³/mol. The van der Waals surface area contributed by atoms with Gasteiger partial charge in [-0.15, -0.1) is 0 Å². The van der Waals surface area contributed by atoms with E-state index in [0.717, 1.165) is 32.0 Å². The molecule has 2 N–H and O–H groups in total. The maximum absolute atomic E-state index is 12.0. The highest BCUT2D eigenvalue weighted by molar-refractivity contribution is 5.75. The average molecular weight is 317 g/mol. The van der Waals surface area contributed by atoms with Gasteiger partial charge >= 0.3 is 0 Å². The van der Waals surface area contributed by atoms with E-state index < -0.39 is 0 Å². The minimum absolute atomic E-state index is 0.198. The van der Waals surface area contributed by atoms with Crippen molar-refractivity contribution in [3.8, 4) is 0 Å². The van der Waals surface area contributed by atoms with Crippen LogP contribution >= 0.6 is 0 Å². The first kappa shape index (κ1) is 18.0. The molecule has 1 aromatic carbocycles. The Labute approximate surface area is 140 Å². The zero-order valence-electron chi connectivity index (χ0n) is 14.6. The second-order valence-corrected chi connectivity index (χ2v) is 6.79. The van der Waals surface area contributed by atoms with Crippen molar-refractivity contribution >= 4 is 5.91 Å². The van der Waals surface area contributed by atoms with Crippen LogP contribution in [-0.4, -0.2) is 43.5 Å². The Morgan fingerprint density at radius 3 is 2.70 bits per heavy atom. The number of carbonyl (C=O) groups is 1. The molecule has 1 amide bonds. The van der Waals surface area contributed by atoms with Gasteiger partial charge in [0.25, 0.3) is 0 Å². The number of hydrogen-bond donors (Lipinski definition) is 2. The molecule has 1 aromatic rings. The van der Waals surface area contributed by atoms with Crippen LogP contribution in [0.4, 0.5) is 0 Å². The summed E-state index contributed by atoms with van der Waals surface area (Å²) >= 11 is 0. The summed E-state index contributed by atoms with van der Waals surface area (Å²) < 4.78 is 0. The van der Waals surface area contributed by atoms with Crippen molar-refractivity contribution in [2.24, 2.45) is 5.92 Å². The third kappa shape index (κ3) is 6.71. The Balaban J connectivity index is 1.62. The molecular weight excluding hydrogens is 286 g/mol. The van der Waals surface area contributed by atoms with Crippen molar-refractivity contribution in [2.45, 2.75) is 45.2 Å². The first-order chi connectivity index (χ1) is 11.1. The van der Waals surface area contributed by atoms with Crippen LogP contribution in [0.15, 0.2) is 30.3 Å². The van der Waals surface area contributed by atoms with Gasteiger partial charge in [0.15, 0.2) is 0 Å². The van der Waals surface area contributed by atoms with Crippen LogP contribution in [0, 0.1) is 5.92 Å². The van der Waals surface area contributed by atoms with Crippen LogP contribution in [0.3, 0.4) is 0 Å². The number of rotatable bonds is 8. The number of nitrogens with zero attached hydrogens (tertiary/aromatic N) is 1. The maximum atomic E-state index is 12.0. The fraction of sp³-hybridized carbons (Fsp3) is 0.632. The highest BCUT2D eigenvalue weighted by atomic mass is 16.1. The minimum atomic E-state index is 0.198. The molecule has 0 spiro atoms. The SMILES string of the molecule is CC(CNC(=O)CCC1CCNCC1)N(C)Cc1ccccc1. The molecule has 0 aromatic heterocycles. The van der Waals surface area contributed by atoms with E-state index in [-0.39, 0.29) is 5.91 Å². The number of nitrogens with one attached hydrogen (secondary N) is 2. The standard InChI is InChI=1S/C19H31N3O/c1-16(22(2)15-18-6-4-3-5-7-18)14-21-19(23)9-8-17-10-12-20-13-11-17/h3-7,16-17,20H,8-15H2,1-2H3,(H,21,23). The summed E-state index contributed by atoms with van der Waals surface area (Å²) in [5.74, 6) is 0.920. The van der Waals surface area contributed by atoms with E-state index in [2.05, 4.69) is 53.8 Å². The second-order valence-electron chi connectivity index (χ2n) is 6.79. The van der Waals surface area contributed by atoms with Crippen LogP contribution in [0.5, 0.6) is 0 Å². The molecule has 1 aliphatic rings. The van der Waals surface area contributed by atoms with E-state index in [1.807, 2.05) is 6.07 Å². The Morgan fingerprint density at radius 1 is 1.30 bits per heavy atom. The van der Waals surface area contributed by atoms with Crippen LogP contribution in [-0.2, 0) is 11.3 Å². The van der Waals surface area contributed by atoms with Gasteiger partial charge in [-0.2, -0.15) is 0 Å². The van der Waals surface area contributed by atoms with Crippen molar-refractivity contribution in [1.29, 1.82) is 0 Å². The molecule has 4 nitrogen and oxygen atoms in total. The van der Waals surface area contributed by atoms with Gasteiger partial charge in [0.1, 0.15) is 0 Å². The normalized spacial score (nSPS) is 17.2. The summed E-state index contributed by atoms with van der Waals surface area (Å²) in [4.78, 5) is 14.3. The molecule has 0 aliphatic carbocycles. The first-order valence-electron chi connectivity index (χ1n) is 8.86. The summed E-state index contributed by atoms with van der Waals surface area (Å²) in [5.41, 5.74) is 1.30. The fourth-order valence-electron chi connectivity index (χ4n) is 3.04. The summed E-state index contributed by atoms with van der Waals surface area (Å²) in [7, 11) is 2.11. The molecule has 23 heavy (non-hydrogen) atoms. The smallest absolute Gasteiger partial charge is 0.220 e. The Hall–Kier alpha value is -1.39. The molecule has 1 atom stereocenters. The lowest BCUT2D eigenvalue weighted by Gasteiger charge is -2.25. The Bertz CT molecular complexity index is 457. The van der Waals surface area contributed by atoms with E-state index >= 15 is 0 Å². The molecule has 0 bridgehead atoms. The predicted octanol–water partition coefficient (Wildman–Crippen LogP) is 2.40. The molecule has 1 heterocycles. The minimum Gasteiger partial charge on any atom is -0.355 e. The number of carbonyl (C=O) groups excluding carboxylic acids is 1. The average Bonchev–Trinajstić information content (AvgIpc) is 2.59. The topological polar surface area (TPSA) is 44.4 Å². The van der Waals surface area contributed by atoms with Gasteiger partial charge in [-0.1, -0.05) is 30.3 Å². The molecule has 128 valence electrons. The second kappa shape index (κ2) is 9.68. The number of hydrogen-bond acceptors (Lipinski definition) is 3. The molecular formula is C19H31N3O. The van der Waals surface area contributed by atoms with Gasteiger partial charge in [0, 0.05) is 25.6 Å². The molecule has 1 saturated heterocycles. The zero-order valence-corrected chi connectivity index (χ0v) is 14.6. The third-order valence-corrected chi connectivity index (χ3v) is 4.86. The molecule has 0 saturated carbocycles. The Morgan fingerprint density at radius 2 is 2.00 bits per heavy atom. The van der Waals surface area contributed by atoms with E-state index in [4.69, 9.17) is 0 Å². The summed E-state index contributed by atoms with van der Waals surface area (Å²) in [6.45, 7) is 6.00. The number of amides is 1. The monoisotopic (exact) mass is 317 g/mol. The lowest BCUT2D eigenvalue weighted by molar-refractivity contribution is -0.121. The van der Waals surface area contributed by atoms with Crippen LogP contribution in [0.25, 0.3) is 0 Å². The van der Waals surface area contributed by atoms with Gasteiger partial charge in [-0.3, -0.25) is 9.69 Å². The molecule has 4 heteroatoms. The number of benzene rings is 1. The first-order valence-corrected chi connectivity index (χ1v) is 8.86. The van der Waals surface area contributed by atoms with E-state index in [1.165, 1.54) is 18.4 Å². The zero-order chi connectivity index (χ0) is 16.5. The van der Waals surface area contributed by atoms with Crippen molar-refractivity contribution in [3.63, 3.8) is 0 Å². The van der Waals surface area contributed by atoms with Gasteiger partial charge in [0.05, 0.1) is 0 Å². The van der Waals surface area contributed by atoms with Crippen LogP contribution in [0.2, 0.25) is 0 Å². The van der Waals surface area contributed by atoms with Crippen LogP contribution in [0.1, 0.15) is 38.2 Å². The van der Waals surface area contributed by atoms with Crippen molar-refractivity contribution in [3.05, 3.63) is 35.9 Å². The molecule has 2 rings (SSSR count). The quantitative estimate of drug-likeness (QED) is 0.774. The number of piperidine rings is 1. The van der Waals surface area contributed by atoms with Gasteiger partial charge in [-0.05, 0) is 57.8 Å². The molecule has 0 radical (unpaired) electrons. The highest BCUT2D eigenvalue weighted by Crippen LogP contribution is 2.17. The van der Waals surface area contributed by atoms with Gasteiger partial charge in [-0.25, -0.2) is 0 Å². The fourth-order valence-corrected chi connectivity index (χ4v) is 3.04. The lowest BCUT2D eigenvalue weighted by Crippen LogP contribution is -2.40. The van der Waals surface area contributed by atoms with E-state index in [9.17, 15) is 4.79 Å². The van der Waals surface area contributed by atoms with Crippen molar-refractivity contribution < 1.29 is 4.79 Å². The van der Waals surface area contributed by atoms with Crippen LogP contribution < -0.4 is 10.6 Å². The third-order valence-electron chi connectivity index (χ3n) is 4.86. The molecule has 1 fully saturated rings. The summed E-state index contributed by atoms with van der Waals surface area (Å²) in [5, 5.41) is 6.46. The van der Waals surface area contributed by atoms with E-state index in [0.29, 0.717) is 19.0 Å². The molecule has 1 unspecified atom stereocenters. The Kier molecular flexibility index (Phi) is 7.56.